The van der Waals surface area contributed by atoms with Gasteiger partial charge in [0.05, 0.1) is 11.3 Å². The molecule has 0 bridgehead atoms. The predicted molar refractivity (Wildman–Crippen MR) is 63.1 cm³/mol. The van der Waals surface area contributed by atoms with E-state index in [4.69, 9.17) is 6.42 Å². The minimum Gasteiger partial charge on any atom is -0.348 e. The summed E-state index contributed by atoms with van der Waals surface area (Å²) in [6.45, 7) is 5.63. The summed E-state index contributed by atoms with van der Waals surface area (Å²) in [5, 5.41) is 9.69. The number of aromatic amines is 1. The first-order valence-corrected chi connectivity index (χ1v) is 5.36. The molecule has 16 heavy (non-hydrogen) atoms. The molecule has 4 nitrogen and oxygen atoms in total. The van der Waals surface area contributed by atoms with Crippen LogP contribution < -0.4 is 5.32 Å². The molecule has 1 unspecified atom stereocenters. The van der Waals surface area contributed by atoms with Gasteiger partial charge in [0.2, 0.25) is 0 Å². The molecule has 0 aliphatic heterocycles. The SMILES string of the molecule is C#CCC(CC)NC(=O)c1c(C)n[nH]c1C. The van der Waals surface area contributed by atoms with Crippen LogP contribution in [0.2, 0.25) is 0 Å². The van der Waals surface area contributed by atoms with Gasteiger partial charge in [0.1, 0.15) is 0 Å². The Hall–Kier alpha value is -1.76. The van der Waals surface area contributed by atoms with Crippen LogP contribution in [0.4, 0.5) is 0 Å². The van der Waals surface area contributed by atoms with Crippen molar-refractivity contribution in [3.63, 3.8) is 0 Å². The third kappa shape index (κ3) is 2.63. The van der Waals surface area contributed by atoms with Gasteiger partial charge in [0.25, 0.3) is 5.91 Å². The number of rotatable bonds is 4. The molecule has 0 aliphatic carbocycles. The highest BCUT2D eigenvalue weighted by Gasteiger charge is 2.17. The van der Waals surface area contributed by atoms with Crippen molar-refractivity contribution in [3.05, 3.63) is 17.0 Å². The lowest BCUT2D eigenvalue weighted by molar-refractivity contribution is 0.0935. The summed E-state index contributed by atoms with van der Waals surface area (Å²) < 4.78 is 0. The molecule has 1 atom stereocenters. The van der Waals surface area contributed by atoms with Gasteiger partial charge in [-0.25, -0.2) is 0 Å². The maximum atomic E-state index is 12.0. The monoisotopic (exact) mass is 219 g/mol. The topological polar surface area (TPSA) is 57.8 Å². The zero-order valence-corrected chi connectivity index (χ0v) is 9.92. The Morgan fingerprint density at radius 2 is 2.31 bits per heavy atom. The molecule has 1 aromatic heterocycles. The molecule has 2 N–H and O–H groups in total. The summed E-state index contributed by atoms with van der Waals surface area (Å²) in [4.78, 5) is 12.0. The van der Waals surface area contributed by atoms with Crippen LogP contribution >= 0.6 is 0 Å². The van der Waals surface area contributed by atoms with Crippen molar-refractivity contribution in [1.29, 1.82) is 0 Å². The summed E-state index contributed by atoms with van der Waals surface area (Å²) in [5.74, 6) is 2.45. The van der Waals surface area contributed by atoms with Gasteiger partial charge in [0.15, 0.2) is 0 Å². The number of amides is 1. The summed E-state index contributed by atoms with van der Waals surface area (Å²) in [6, 6.07) is 0.0335. The number of H-pyrrole nitrogens is 1. The Morgan fingerprint density at radius 1 is 1.62 bits per heavy atom. The number of carbonyl (C=O) groups excluding carboxylic acids is 1. The first-order chi connectivity index (χ1) is 7.60. The summed E-state index contributed by atoms with van der Waals surface area (Å²) in [6.07, 6.45) is 6.62. The number of terminal acetylenes is 1. The highest BCUT2D eigenvalue weighted by atomic mass is 16.1. The molecule has 1 aromatic rings. The van der Waals surface area contributed by atoms with Crippen LogP contribution in [-0.4, -0.2) is 22.1 Å². The summed E-state index contributed by atoms with van der Waals surface area (Å²) in [5.41, 5.74) is 2.12. The van der Waals surface area contributed by atoms with Crippen LogP contribution in [0.25, 0.3) is 0 Å². The zero-order valence-electron chi connectivity index (χ0n) is 9.92. The molecule has 1 rings (SSSR count). The molecule has 0 saturated carbocycles. The van der Waals surface area contributed by atoms with Gasteiger partial charge in [-0.15, -0.1) is 12.3 Å². The molecule has 0 aliphatic rings. The largest absolute Gasteiger partial charge is 0.348 e. The fraction of sp³-hybridized carbons (Fsp3) is 0.500. The highest BCUT2D eigenvalue weighted by Crippen LogP contribution is 2.10. The van der Waals surface area contributed by atoms with E-state index in [2.05, 4.69) is 21.4 Å². The Labute approximate surface area is 95.8 Å². The molecule has 0 saturated heterocycles. The standard InChI is InChI=1S/C12H17N3O/c1-5-7-10(6-2)13-12(16)11-8(3)14-15-9(11)4/h1,10H,6-7H2,2-4H3,(H,13,16)(H,14,15). The van der Waals surface area contributed by atoms with E-state index in [-0.39, 0.29) is 11.9 Å². The number of nitrogens with one attached hydrogen (secondary N) is 2. The van der Waals surface area contributed by atoms with E-state index in [1.54, 1.807) is 6.92 Å². The molecular formula is C12H17N3O. The van der Waals surface area contributed by atoms with Crippen molar-refractivity contribution in [2.24, 2.45) is 0 Å². The Morgan fingerprint density at radius 3 is 2.75 bits per heavy atom. The van der Waals surface area contributed by atoms with Crippen molar-refractivity contribution in [1.82, 2.24) is 15.5 Å². The Kier molecular flexibility index (Phi) is 4.12. The molecule has 1 heterocycles. The van der Waals surface area contributed by atoms with Gasteiger partial charge in [-0.2, -0.15) is 5.10 Å². The number of aryl methyl sites for hydroxylation is 2. The maximum Gasteiger partial charge on any atom is 0.255 e. The molecule has 0 fully saturated rings. The minimum atomic E-state index is -0.106. The van der Waals surface area contributed by atoms with Crippen LogP contribution in [0, 0.1) is 26.2 Å². The lowest BCUT2D eigenvalue weighted by Crippen LogP contribution is -2.34. The molecule has 0 spiro atoms. The second kappa shape index (κ2) is 5.36. The second-order valence-corrected chi connectivity index (χ2v) is 3.80. The van der Waals surface area contributed by atoms with Crippen molar-refractivity contribution in [3.8, 4) is 12.3 Å². The van der Waals surface area contributed by atoms with Gasteiger partial charge in [-0.1, -0.05) is 6.92 Å². The Bertz CT molecular complexity index is 395. The van der Waals surface area contributed by atoms with Crippen LogP contribution in [-0.2, 0) is 0 Å². The molecule has 0 radical (unpaired) electrons. The average Bonchev–Trinajstić information content (AvgIpc) is 2.57. The van der Waals surface area contributed by atoms with Crippen LogP contribution in [0.3, 0.4) is 0 Å². The molecule has 4 heteroatoms. The molecule has 0 aromatic carbocycles. The van der Waals surface area contributed by atoms with E-state index in [0.717, 1.165) is 12.1 Å². The number of hydrogen-bond donors (Lipinski definition) is 2. The van der Waals surface area contributed by atoms with E-state index in [1.165, 1.54) is 0 Å². The van der Waals surface area contributed by atoms with Crippen LogP contribution in [0.5, 0.6) is 0 Å². The van der Waals surface area contributed by atoms with Gasteiger partial charge in [-0.05, 0) is 20.3 Å². The number of hydrogen-bond acceptors (Lipinski definition) is 2. The first-order valence-electron chi connectivity index (χ1n) is 5.36. The van der Waals surface area contributed by atoms with E-state index >= 15 is 0 Å². The van der Waals surface area contributed by atoms with Gasteiger partial charge in [-0.3, -0.25) is 9.89 Å². The van der Waals surface area contributed by atoms with Crippen LogP contribution in [0.15, 0.2) is 0 Å². The van der Waals surface area contributed by atoms with E-state index in [0.29, 0.717) is 17.7 Å². The molecule has 86 valence electrons. The first kappa shape index (κ1) is 12.3. The Balaban J connectivity index is 2.76. The summed E-state index contributed by atoms with van der Waals surface area (Å²) in [7, 11) is 0. The summed E-state index contributed by atoms with van der Waals surface area (Å²) >= 11 is 0. The third-order valence-electron chi connectivity index (χ3n) is 2.55. The van der Waals surface area contributed by atoms with Gasteiger partial charge < -0.3 is 5.32 Å². The number of carbonyl (C=O) groups is 1. The van der Waals surface area contributed by atoms with Crippen molar-refractivity contribution in [2.75, 3.05) is 0 Å². The number of nitrogens with zero attached hydrogens (tertiary/aromatic N) is 1. The normalized spacial score (nSPS) is 11.9. The maximum absolute atomic E-state index is 12.0. The second-order valence-electron chi connectivity index (χ2n) is 3.80. The van der Waals surface area contributed by atoms with Crippen molar-refractivity contribution >= 4 is 5.91 Å². The average molecular weight is 219 g/mol. The highest BCUT2D eigenvalue weighted by molar-refractivity contribution is 5.96. The lowest BCUT2D eigenvalue weighted by atomic mass is 10.1. The van der Waals surface area contributed by atoms with E-state index in [1.807, 2.05) is 13.8 Å². The predicted octanol–water partition coefficient (Wildman–Crippen LogP) is 1.56. The minimum absolute atomic E-state index is 0.0335. The zero-order chi connectivity index (χ0) is 12.1. The molecular weight excluding hydrogens is 202 g/mol. The van der Waals surface area contributed by atoms with E-state index < -0.39 is 0 Å². The lowest BCUT2D eigenvalue weighted by Gasteiger charge is -2.14. The fourth-order valence-electron chi connectivity index (χ4n) is 1.58. The van der Waals surface area contributed by atoms with E-state index in [9.17, 15) is 4.79 Å². The van der Waals surface area contributed by atoms with Crippen molar-refractivity contribution < 1.29 is 4.79 Å². The van der Waals surface area contributed by atoms with Crippen LogP contribution in [0.1, 0.15) is 41.5 Å². The third-order valence-corrected chi connectivity index (χ3v) is 2.55. The molecule has 1 amide bonds. The van der Waals surface area contributed by atoms with Crippen molar-refractivity contribution in [2.45, 2.75) is 39.7 Å². The van der Waals surface area contributed by atoms with Gasteiger partial charge >= 0.3 is 0 Å². The number of aromatic nitrogens is 2. The fourth-order valence-corrected chi connectivity index (χ4v) is 1.58. The quantitative estimate of drug-likeness (QED) is 0.755. The van der Waals surface area contributed by atoms with Gasteiger partial charge in [0, 0.05) is 18.2 Å². The smallest absolute Gasteiger partial charge is 0.255 e.